The molecule has 0 radical (unpaired) electrons. The zero-order chi connectivity index (χ0) is 44.4. The van der Waals surface area contributed by atoms with Gasteiger partial charge < -0.3 is 14.2 Å². The zero-order valence-corrected chi connectivity index (χ0v) is 39.4. The van der Waals surface area contributed by atoms with Crippen LogP contribution in [0.25, 0.3) is 0 Å². The average molecular weight is 847 g/mol. The summed E-state index contributed by atoms with van der Waals surface area (Å²) in [5.41, 5.74) is 0. The van der Waals surface area contributed by atoms with Gasteiger partial charge in [0.1, 0.15) is 13.2 Å². The minimum absolute atomic E-state index is 0.116. The topological polar surface area (TPSA) is 78.9 Å². The van der Waals surface area contributed by atoms with Crippen molar-refractivity contribution in [3.05, 3.63) is 97.2 Å². The molecule has 6 heteroatoms. The summed E-state index contributed by atoms with van der Waals surface area (Å²) in [6, 6.07) is 0. The molecule has 0 aromatic rings. The standard InChI is InChI=1S/C55H90O6/c1-4-7-10-13-16-19-21-23-25-27-29-31-33-36-39-42-45-48-54(57)60-51-52(50-59-53(56)47-44-41-38-35-18-15-12-9-6-3)61-55(58)49-46-43-40-37-34-32-30-28-26-24-22-20-17-14-11-8-5-2/h16-17,19-20,23-26,29-32,36-37,39-40,52H,4-15,18,21-22,27-28,33-35,38,41-51H2,1-3H3/b19-16-,20-17-,25-23-,26-24-,31-29-,32-30-,39-36-,40-37-/t52-/m1/s1. The van der Waals surface area contributed by atoms with Gasteiger partial charge in [-0.05, 0) is 96.3 Å². The molecule has 0 aromatic carbocycles. The smallest absolute Gasteiger partial charge is 0.306 e. The first-order chi connectivity index (χ1) is 30.0. The van der Waals surface area contributed by atoms with E-state index in [0.717, 1.165) is 70.6 Å². The largest absolute Gasteiger partial charge is 0.462 e. The van der Waals surface area contributed by atoms with E-state index in [9.17, 15) is 14.4 Å². The number of carbonyl (C=O) groups is 3. The number of unbranched alkanes of at least 4 members (excludes halogenated alkanes) is 16. The van der Waals surface area contributed by atoms with Crippen LogP contribution in [0.15, 0.2) is 97.2 Å². The molecule has 0 fully saturated rings. The molecule has 0 saturated carbocycles. The molecule has 0 N–H and O–H groups in total. The fourth-order valence-corrected chi connectivity index (χ4v) is 6.31. The second-order valence-electron chi connectivity index (χ2n) is 16.0. The van der Waals surface area contributed by atoms with E-state index in [1.54, 1.807) is 0 Å². The van der Waals surface area contributed by atoms with Gasteiger partial charge in [-0.1, -0.05) is 195 Å². The van der Waals surface area contributed by atoms with Crippen molar-refractivity contribution >= 4 is 17.9 Å². The molecule has 6 nitrogen and oxygen atoms in total. The lowest BCUT2D eigenvalue weighted by Crippen LogP contribution is -2.30. The van der Waals surface area contributed by atoms with Crippen molar-refractivity contribution in [2.24, 2.45) is 0 Å². The number of hydrogen-bond donors (Lipinski definition) is 0. The molecule has 61 heavy (non-hydrogen) atoms. The number of allylic oxidation sites excluding steroid dienone is 16. The predicted molar refractivity (Wildman–Crippen MR) is 260 cm³/mol. The van der Waals surface area contributed by atoms with E-state index in [-0.39, 0.29) is 44.0 Å². The van der Waals surface area contributed by atoms with Crippen LogP contribution in [0.4, 0.5) is 0 Å². The van der Waals surface area contributed by atoms with Gasteiger partial charge in [0.2, 0.25) is 0 Å². The molecule has 0 spiro atoms. The lowest BCUT2D eigenvalue weighted by atomic mass is 10.1. The van der Waals surface area contributed by atoms with Crippen molar-refractivity contribution in [3.8, 4) is 0 Å². The Morgan fingerprint density at radius 3 is 0.984 bits per heavy atom. The van der Waals surface area contributed by atoms with Crippen LogP contribution in [0.1, 0.15) is 213 Å². The van der Waals surface area contributed by atoms with Gasteiger partial charge in [0.15, 0.2) is 6.10 Å². The van der Waals surface area contributed by atoms with Crippen LogP contribution >= 0.6 is 0 Å². The number of ether oxygens (including phenoxy) is 3. The van der Waals surface area contributed by atoms with Gasteiger partial charge >= 0.3 is 17.9 Å². The highest BCUT2D eigenvalue weighted by molar-refractivity contribution is 5.71. The molecular weight excluding hydrogens is 757 g/mol. The molecule has 0 heterocycles. The molecule has 0 saturated heterocycles. The van der Waals surface area contributed by atoms with Crippen molar-refractivity contribution in [2.45, 2.75) is 219 Å². The minimum Gasteiger partial charge on any atom is -0.462 e. The normalized spacial score (nSPS) is 12.9. The van der Waals surface area contributed by atoms with Gasteiger partial charge in [0.05, 0.1) is 0 Å². The highest BCUT2D eigenvalue weighted by atomic mass is 16.6. The Labute approximate surface area is 375 Å². The molecule has 0 aliphatic heterocycles. The SMILES string of the molecule is CCCCC/C=C\C/C=C\C/C=C\C/C=C\CCCC(=O)OC[C@@H](COC(=O)CCCCCCCCCCC)OC(=O)CCC/C=C\C/C=C\C/C=C\C/C=C\CCCCC. The van der Waals surface area contributed by atoms with Crippen LogP contribution in [0.5, 0.6) is 0 Å². The van der Waals surface area contributed by atoms with Gasteiger partial charge in [-0.3, -0.25) is 14.4 Å². The summed E-state index contributed by atoms with van der Waals surface area (Å²) < 4.78 is 16.6. The number of hydrogen-bond acceptors (Lipinski definition) is 6. The fourth-order valence-electron chi connectivity index (χ4n) is 6.31. The molecular formula is C55H90O6. The highest BCUT2D eigenvalue weighted by Gasteiger charge is 2.19. The van der Waals surface area contributed by atoms with E-state index in [0.29, 0.717) is 19.3 Å². The van der Waals surface area contributed by atoms with E-state index in [1.807, 2.05) is 0 Å². The van der Waals surface area contributed by atoms with Crippen molar-refractivity contribution in [3.63, 3.8) is 0 Å². The molecule has 0 aliphatic rings. The van der Waals surface area contributed by atoms with Crippen molar-refractivity contribution in [2.75, 3.05) is 13.2 Å². The quantitative estimate of drug-likeness (QED) is 0.0263. The summed E-state index contributed by atoms with van der Waals surface area (Å²) in [7, 11) is 0. The van der Waals surface area contributed by atoms with E-state index < -0.39 is 6.10 Å². The minimum atomic E-state index is -0.825. The lowest BCUT2D eigenvalue weighted by molar-refractivity contribution is -0.167. The summed E-state index contributed by atoms with van der Waals surface area (Å²) in [6.45, 7) is 6.45. The molecule has 0 unspecified atom stereocenters. The van der Waals surface area contributed by atoms with Gasteiger partial charge in [0.25, 0.3) is 0 Å². The van der Waals surface area contributed by atoms with Crippen LogP contribution in [-0.2, 0) is 28.6 Å². The van der Waals surface area contributed by atoms with Gasteiger partial charge in [-0.15, -0.1) is 0 Å². The monoisotopic (exact) mass is 847 g/mol. The van der Waals surface area contributed by atoms with Crippen LogP contribution in [0.3, 0.4) is 0 Å². The number of carbonyl (C=O) groups excluding carboxylic acids is 3. The Morgan fingerprint density at radius 1 is 0.328 bits per heavy atom. The van der Waals surface area contributed by atoms with Crippen LogP contribution < -0.4 is 0 Å². The maximum absolute atomic E-state index is 12.7. The second-order valence-corrected chi connectivity index (χ2v) is 16.0. The fraction of sp³-hybridized carbons (Fsp3) is 0.655. The first-order valence-corrected chi connectivity index (χ1v) is 24.7. The van der Waals surface area contributed by atoms with Crippen molar-refractivity contribution in [1.82, 2.24) is 0 Å². The Bertz CT molecular complexity index is 1250. The molecule has 0 rings (SSSR count). The number of rotatable bonds is 43. The molecule has 0 aliphatic carbocycles. The Morgan fingerprint density at radius 2 is 0.607 bits per heavy atom. The predicted octanol–water partition coefficient (Wildman–Crippen LogP) is 16.2. The van der Waals surface area contributed by atoms with Crippen molar-refractivity contribution < 1.29 is 28.6 Å². The summed E-state index contributed by atoms with van der Waals surface area (Å²) in [6.07, 6.45) is 64.0. The molecule has 346 valence electrons. The third-order valence-corrected chi connectivity index (χ3v) is 10.1. The van der Waals surface area contributed by atoms with E-state index in [2.05, 4.69) is 118 Å². The Kier molecular flexibility index (Phi) is 46.0. The van der Waals surface area contributed by atoms with Crippen LogP contribution in [-0.4, -0.2) is 37.2 Å². The maximum atomic E-state index is 12.7. The molecule has 1 atom stereocenters. The number of esters is 3. The maximum Gasteiger partial charge on any atom is 0.306 e. The highest BCUT2D eigenvalue weighted by Crippen LogP contribution is 2.12. The van der Waals surface area contributed by atoms with E-state index >= 15 is 0 Å². The van der Waals surface area contributed by atoms with Gasteiger partial charge in [-0.25, -0.2) is 0 Å². The summed E-state index contributed by atoms with van der Waals surface area (Å²) >= 11 is 0. The van der Waals surface area contributed by atoms with E-state index in [1.165, 1.54) is 89.9 Å². The third-order valence-electron chi connectivity index (χ3n) is 10.1. The van der Waals surface area contributed by atoms with Crippen LogP contribution in [0, 0.1) is 0 Å². The molecule has 0 amide bonds. The molecule has 0 bridgehead atoms. The second kappa shape index (κ2) is 49.0. The lowest BCUT2D eigenvalue weighted by Gasteiger charge is -2.18. The average Bonchev–Trinajstić information content (AvgIpc) is 3.26. The van der Waals surface area contributed by atoms with E-state index in [4.69, 9.17) is 14.2 Å². The Balaban J connectivity index is 4.54. The molecule has 0 aromatic heterocycles. The van der Waals surface area contributed by atoms with Crippen molar-refractivity contribution in [1.29, 1.82) is 0 Å². The first kappa shape index (κ1) is 57.3. The van der Waals surface area contributed by atoms with Crippen LogP contribution in [0.2, 0.25) is 0 Å². The zero-order valence-electron chi connectivity index (χ0n) is 39.4. The summed E-state index contributed by atoms with van der Waals surface area (Å²) in [5.74, 6) is -1.04. The first-order valence-electron chi connectivity index (χ1n) is 24.7. The Hall–Kier alpha value is -3.67. The third kappa shape index (κ3) is 47.2. The summed E-state index contributed by atoms with van der Waals surface area (Å²) in [4.78, 5) is 37.8. The van der Waals surface area contributed by atoms with Gasteiger partial charge in [-0.2, -0.15) is 0 Å². The summed E-state index contributed by atoms with van der Waals surface area (Å²) in [5, 5.41) is 0. The van der Waals surface area contributed by atoms with Gasteiger partial charge in [0, 0.05) is 19.3 Å².